The van der Waals surface area contributed by atoms with Crippen LogP contribution in [0.15, 0.2) is 48.9 Å². The lowest BCUT2D eigenvalue weighted by Crippen LogP contribution is -2.25. The molecule has 0 saturated carbocycles. The van der Waals surface area contributed by atoms with Crippen molar-refractivity contribution in [3.05, 3.63) is 77.1 Å². The largest absolute Gasteiger partial charge is 0.345 e. The monoisotopic (exact) mass is 385 g/mol. The highest BCUT2D eigenvalue weighted by atomic mass is 32.2. The highest BCUT2D eigenvalue weighted by molar-refractivity contribution is 7.89. The van der Waals surface area contributed by atoms with Crippen LogP contribution in [0.3, 0.4) is 0 Å². The first kappa shape index (κ1) is 18.7. The summed E-state index contributed by atoms with van der Waals surface area (Å²) in [4.78, 5) is 20.6. The van der Waals surface area contributed by atoms with Crippen molar-refractivity contribution in [3.63, 3.8) is 0 Å². The molecule has 0 atom stereocenters. The molecular formula is C18H19N5O3S. The van der Waals surface area contributed by atoms with Crippen molar-refractivity contribution in [2.45, 2.75) is 26.1 Å². The SMILES string of the molecule is Cc1cnc(CNC(=O)c2nn(S(=O)(=O)Cc3ccccc3)cc2C)cn1. The minimum atomic E-state index is -3.72. The number of aromatic nitrogens is 4. The van der Waals surface area contributed by atoms with Gasteiger partial charge >= 0.3 is 0 Å². The van der Waals surface area contributed by atoms with Crippen LogP contribution in [0.2, 0.25) is 0 Å². The Bertz CT molecular complexity index is 1040. The summed E-state index contributed by atoms with van der Waals surface area (Å²) in [6.45, 7) is 3.64. The Morgan fingerprint density at radius 2 is 1.85 bits per heavy atom. The summed E-state index contributed by atoms with van der Waals surface area (Å²) in [6.07, 6.45) is 4.53. The van der Waals surface area contributed by atoms with E-state index in [2.05, 4.69) is 20.4 Å². The summed E-state index contributed by atoms with van der Waals surface area (Å²) in [7, 11) is -3.72. The Morgan fingerprint density at radius 1 is 1.11 bits per heavy atom. The molecule has 0 aliphatic heterocycles. The van der Waals surface area contributed by atoms with E-state index >= 15 is 0 Å². The second-order valence-electron chi connectivity index (χ2n) is 6.11. The van der Waals surface area contributed by atoms with Crippen LogP contribution in [0.1, 0.15) is 33.0 Å². The summed E-state index contributed by atoms with van der Waals surface area (Å²) < 4.78 is 26.0. The second kappa shape index (κ2) is 7.67. The zero-order valence-corrected chi connectivity index (χ0v) is 15.8. The molecule has 3 aromatic rings. The van der Waals surface area contributed by atoms with Gasteiger partial charge in [0.15, 0.2) is 5.69 Å². The molecule has 0 spiro atoms. The molecule has 140 valence electrons. The van der Waals surface area contributed by atoms with E-state index in [4.69, 9.17) is 0 Å². The van der Waals surface area contributed by atoms with Crippen molar-refractivity contribution in [2.24, 2.45) is 0 Å². The zero-order valence-electron chi connectivity index (χ0n) is 15.0. The predicted octanol–water partition coefficient (Wildman–Crippen LogP) is 1.60. The molecule has 0 unspecified atom stereocenters. The van der Waals surface area contributed by atoms with Crippen molar-refractivity contribution in [1.29, 1.82) is 0 Å². The molecule has 0 aliphatic carbocycles. The van der Waals surface area contributed by atoms with Crippen LogP contribution in [0.4, 0.5) is 0 Å². The van der Waals surface area contributed by atoms with Crippen molar-refractivity contribution in [1.82, 2.24) is 24.5 Å². The van der Waals surface area contributed by atoms with E-state index in [-0.39, 0.29) is 18.0 Å². The first-order chi connectivity index (χ1) is 12.8. The van der Waals surface area contributed by atoms with Crippen LogP contribution in [0.5, 0.6) is 0 Å². The summed E-state index contributed by atoms with van der Waals surface area (Å²) in [6, 6.07) is 8.81. The fraction of sp³-hybridized carbons (Fsp3) is 0.222. The molecule has 1 aromatic carbocycles. The Hall–Kier alpha value is -3.07. The zero-order chi connectivity index (χ0) is 19.4. The molecule has 1 amide bonds. The van der Waals surface area contributed by atoms with E-state index in [0.717, 1.165) is 9.78 Å². The van der Waals surface area contributed by atoms with Crippen molar-refractivity contribution in [3.8, 4) is 0 Å². The van der Waals surface area contributed by atoms with Gasteiger partial charge in [0, 0.05) is 18.0 Å². The summed E-state index contributed by atoms with van der Waals surface area (Å²) in [5.41, 5.74) is 2.56. The Balaban J connectivity index is 1.73. The number of rotatable bonds is 6. The van der Waals surface area contributed by atoms with Crippen molar-refractivity contribution < 1.29 is 13.2 Å². The van der Waals surface area contributed by atoms with Crippen LogP contribution in [0.25, 0.3) is 0 Å². The van der Waals surface area contributed by atoms with E-state index < -0.39 is 15.9 Å². The summed E-state index contributed by atoms with van der Waals surface area (Å²) >= 11 is 0. The van der Waals surface area contributed by atoms with Gasteiger partial charge in [-0.25, -0.2) is 8.42 Å². The van der Waals surface area contributed by atoms with Crippen LogP contribution in [0, 0.1) is 13.8 Å². The minimum absolute atomic E-state index is 0.0618. The standard InChI is InChI=1S/C18H19N5O3S/c1-13-11-23(27(25,26)12-15-6-4-3-5-7-15)22-17(13)18(24)21-10-16-9-19-14(2)8-20-16/h3-9,11H,10,12H2,1-2H3,(H,21,24). The number of nitrogens with zero attached hydrogens (tertiary/aromatic N) is 4. The molecule has 0 bridgehead atoms. The van der Waals surface area contributed by atoms with Crippen LogP contribution in [-0.4, -0.2) is 33.5 Å². The van der Waals surface area contributed by atoms with E-state index in [9.17, 15) is 13.2 Å². The van der Waals surface area contributed by atoms with Crippen LogP contribution < -0.4 is 5.32 Å². The van der Waals surface area contributed by atoms with E-state index in [1.807, 2.05) is 13.0 Å². The van der Waals surface area contributed by atoms with Gasteiger partial charge in [-0.05, 0) is 19.4 Å². The molecule has 0 radical (unpaired) electrons. The third-order valence-corrected chi connectivity index (χ3v) is 5.29. The molecule has 8 nitrogen and oxygen atoms in total. The quantitative estimate of drug-likeness (QED) is 0.691. The number of hydrogen-bond acceptors (Lipinski definition) is 6. The molecule has 0 saturated heterocycles. The van der Waals surface area contributed by atoms with Gasteiger partial charge in [-0.1, -0.05) is 30.3 Å². The summed E-state index contributed by atoms with van der Waals surface area (Å²) in [5, 5.41) is 6.66. The van der Waals surface area contributed by atoms with Gasteiger partial charge in [-0.2, -0.15) is 9.19 Å². The Labute approximate surface area is 157 Å². The van der Waals surface area contributed by atoms with Crippen molar-refractivity contribution in [2.75, 3.05) is 0 Å². The predicted molar refractivity (Wildman–Crippen MR) is 99.4 cm³/mol. The summed E-state index contributed by atoms with van der Waals surface area (Å²) in [5.74, 6) is -0.668. The topological polar surface area (TPSA) is 107 Å². The first-order valence-corrected chi connectivity index (χ1v) is 9.85. The van der Waals surface area contributed by atoms with Gasteiger partial charge in [0.05, 0.1) is 29.9 Å². The number of carbonyl (C=O) groups excluding carboxylic acids is 1. The van der Waals surface area contributed by atoms with Gasteiger partial charge in [0.2, 0.25) is 0 Å². The fourth-order valence-corrected chi connectivity index (χ4v) is 3.69. The van der Waals surface area contributed by atoms with Gasteiger partial charge in [0.1, 0.15) is 0 Å². The van der Waals surface area contributed by atoms with Gasteiger partial charge in [0.25, 0.3) is 15.9 Å². The number of aryl methyl sites for hydroxylation is 2. The average Bonchev–Trinajstić information content (AvgIpc) is 3.04. The number of benzene rings is 1. The highest BCUT2D eigenvalue weighted by Gasteiger charge is 2.21. The van der Waals surface area contributed by atoms with Crippen molar-refractivity contribution >= 4 is 15.9 Å². The lowest BCUT2D eigenvalue weighted by atomic mass is 10.2. The van der Waals surface area contributed by atoms with E-state index in [0.29, 0.717) is 16.8 Å². The normalized spacial score (nSPS) is 11.3. The molecular weight excluding hydrogens is 366 g/mol. The molecule has 2 aromatic heterocycles. The van der Waals surface area contributed by atoms with Crippen LogP contribution >= 0.6 is 0 Å². The number of carbonyl (C=O) groups is 1. The molecule has 2 heterocycles. The van der Waals surface area contributed by atoms with E-state index in [1.54, 1.807) is 43.6 Å². The second-order valence-corrected chi connectivity index (χ2v) is 7.93. The highest BCUT2D eigenvalue weighted by Crippen LogP contribution is 2.12. The number of hydrogen-bond donors (Lipinski definition) is 1. The lowest BCUT2D eigenvalue weighted by Gasteiger charge is -2.05. The number of amides is 1. The average molecular weight is 385 g/mol. The molecule has 9 heteroatoms. The molecule has 0 fully saturated rings. The Morgan fingerprint density at radius 3 is 2.52 bits per heavy atom. The third kappa shape index (κ3) is 4.56. The maximum absolute atomic E-state index is 12.6. The smallest absolute Gasteiger partial charge is 0.272 e. The maximum atomic E-state index is 12.6. The van der Waals surface area contributed by atoms with Crippen LogP contribution in [-0.2, 0) is 22.3 Å². The lowest BCUT2D eigenvalue weighted by molar-refractivity contribution is 0.0944. The molecule has 3 rings (SSSR count). The minimum Gasteiger partial charge on any atom is -0.345 e. The molecule has 27 heavy (non-hydrogen) atoms. The third-order valence-electron chi connectivity index (χ3n) is 3.83. The molecule has 0 aliphatic rings. The van der Waals surface area contributed by atoms with Gasteiger partial charge in [-0.3, -0.25) is 14.8 Å². The first-order valence-electron chi connectivity index (χ1n) is 8.24. The number of nitrogens with one attached hydrogen (secondary N) is 1. The van der Waals surface area contributed by atoms with Gasteiger partial charge in [-0.15, -0.1) is 0 Å². The molecule has 1 N–H and O–H groups in total. The van der Waals surface area contributed by atoms with E-state index in [1.165, 1.54) is 6.20 Å². The maximum Gasteiger partial charge on any atom is 0.272 e. The van der Waals surface area contributed by atoms with Gasteiger partial charge < -0.3 is 5.32 Å². The fourth-order valence-electron chi connectivity index (χ4n) is 2.42. The Kier molecular flexibility index (Phi) is 5.31.